The summed E-state index contributed by atoms with van der Waals surface area (Å²) in [6.45, 7) is 1.80. The van der Waals surface area contributed by atoms with Crippen molar-refractivity contribution in [1.29, 1.82) is 0 Å². The number of hydrogen-bond donors (Lipinski definition) is 2. The van der Waals surface area contributed by atoms with Gasteiger partial charge in [0, 0.05) is 21.4 Å². The van der Waals surface area contributed by atoms with Gasteiger partial charge in [-0.2, -0.15) is 0 Å². The molecule has 1 aromatic heterocycles. The Morgan fingerprint density at radius 1 is 1.11 bits per heavy atom. The lowest BCUT2D eigenvalue weighted by atomic mass is 10.3. The van der Waals surface area contributed by atoms with Crippen LogP contribution < -0.4 is 15.4 Å². The Morgan fingerprint density at radius 3 is 2.43 bits per heavy atom. The number of benzene rings is 2. The number of halogens is 2. The van der Waals surface area contributed by atoms with Crippen LogP contribution in [-0.2, 0) is 4.79 Å². The molecule has 0 radical (unpaired) electrons. The minimum atomic E-state index is -0.375. The summed E-state index contributed by atoms with van der Waals surface area (Å²) in [6.07, 6.45) is 0. The van der Waals surface area contributed by atoms with Gasteiger partial charge in [-0.15, -0.1) is 10.2 Å². The number of rotatable bonds is 7. The van der Waals surface area contributed by atoms with Crippen molar-refractivity contribution in [2.24, 2.45) is 0 Å². The van der Waals surface area contributed by atoms with Gasteiger partial charge in [-0.3, -0.25) is 4.79 Å². The fraction of sp³-hybridized carbons (Fsp3) is 0.167. The Morgan fingerprint density at radius 2 is 1.79 bits per heavy atom. The van der Waals surface area contributed by atoms with E-state index in [4.69, 9.17) is 27.9 Å². The molecule has 28 heavy (non-hydrogen) atoms. The first-order valence-corrected chi connectivity index (χ1v) is 10.6. The number of thioether (sulfide) groups is 1. The van der Waals surface area contributed by atoms with Gasteiger partial charge in [0.15, 0.2) is 4.34 Å². The van der Waals surface area contributed by atoms with E-state index in [2.05, 4.69) is 20.8 Å². The van der Waals surface area contributed by atoms with Crippen LogP contribution in [0.15, 0.2) is 46.8 Å². The van der Waals surface area contributed by atoms with Crippen molar-refractivity contribution in [2.45, 2.75) is 16.5 Å². The van der Waals surface area contributed by atoms with Crippen molar-refractivity contribution in [3.05, 3.63) is 52.5 Å². The van der Waals surface area contributed by atoms with E-state index < -0.39 is 0 Å². The third-order valence-electron chi connectivity index (χ3n) is 3.52. The molecule has 0 saturated heterocycles. The topological polar surface area (TPSA) is 76.1 Å². The maximum atomic E-state index is 12.4. The number of nitrogens with one attached hydrogen (secondary N) is 2. The van der Waals surface area contributed by atoms with Crippen molar-refractivity contribution in [2.75, 3.05) is 17.7 Å². The third-order valence-corrected chi connectivity index (χ3v) is 5.98. The Balaban J connectivity index is 1.58. The maximum absolute atomic E-state index is 12.4. The Labute approximate surface area is 180 Å². The van der Waals surface area contributed by atoms with Gasteiger partial charge >= 0.3 is 0 Å². The van der Waals surface area contributed by atoms with Crippen LogP contribution in [0.5, 0.6) is 5.75 Å². The van der Waals surface area contributed by atoms with Gasteiger partial charge in [0.2, 0.25) is 11.0 Å². The normalized spacial score (nSPS) is 11.7. The zero-order chi connectivity index (χ0) is 20.1. The Hall–Kier alpha value is -2.00. The molecule has 2 aromatic carbocycles. The molecule has 0 saturated carbocycles. The van der Waals surface area contributed by atoms with E-state index in [1.165, 1.54) is 23.1 Å². The van der Waals surface area contributed by atoms with Gasteiger partial charge in [-0.05, 0) is 49.4 Å². The molecule has 146 valence electrons. The minimum absolute atomic E-state index is 0.178. The first-order valence-electron chi connectivity index (χ1n) is 8.11. The SMILES string of the molecule is COc1ccc(Nc2nnc(SC(C)C(=O)Nc3cc(Cl)cc(Cl)c3)s2)cc1. The van der Waals surface area contributed by atoms with Gasteiger partial charge in [0.1, 0.15) is 5.75 Å². The summed E-state index contributed by atoms with van der Waals surface area (Å²) in [6, 6.07) is 12.4. The van der Waals surface area contributed by atoms with Gasteiger partial charge < -0.3 is 15.4 Å². The molecule has 1 atom stereocenters. The van der Waals surface area contributed by atoms with Crippen molar-refractivity contribution in [1.82, 2.24) is 10.2 Å². The molecule has 0 aliphatic rings. The fourth-order valence-electron chi connectivity index (χ4n) is 2.18. The highest BCUT2D eigenvalue weighted by Gasteiger charge is 2.18. The second kappa shape index (κ2) is 9.47. The molecule has 3 rings (SSSR count). The standard InChI is InChI=1S/C18H16Cl2N4O2S2/c1-10(16(25)21-14-8-11(19)7-12(20)9-14)27-18-24-23-17(28-18)22-13-3-5-15(26-2)6-4-13/h3-10H,1-2H3,(H,21,25)(H,22,23). The minimum Gasteiger partial charge on any atom is -0.497 e. The number of nitrogens with zero attached hydrogens (tertiary/aromatic N) is 2. The lowest BCUT2D eigenvalue weighted by molar-refractivity contribution is -0.115. The zero-order valence-corrected chi connectivity index (χ0v) is 18.0. The number of ether oxygens (including phenoxy) is 1. The van der Waals surface area contributed by atoms with E-state index in [-0.39, 0.29) is 11.2 Å². The summed E-state index contributed by atoms with van der Waals surface area (Å²) in [7, 11) is 1.62. The summed E-state index contributed by atoms with van der Waals surface area (Å²) in [4.78, 5) is 12.4. The third kappa shape index (κ3) is 5.75. The van der Waals surface area contributed by atoms with Crippen molar-refractivity contribution in [3.63, 3.8) is 0 Å². The summed E-state index contributed by atoms with van der Waals surface area (Å²) < 4.78 is 5.82. The number of carbonyl (C=O) groups excluding carboxylic acids is 1. The van der Waals surface area contributed by atoms with Gasteiger partial charge in [-0.25, -0.2) is 0 Å². The molecule has 6 nitrogen and oxygen atoms in total. The number of carbonyl (C=O) groups is 1. The maximum Gasteiger partial charge on any atom is 0.237 e. The average Bonchev–Trinajstić information content (AvgIpc) is 3.08. The molecule has 0 spiro atoms. The van der Waals surface area contributed by atoms with Crippen LogP contribution in [0, 0.1) is 0 Å². The summed E-state index contributed by atoms with van der Waals surface area (Å²) in [5, 5.41) is 15.4. The highest BCUT2D eigenvalue weighted by molar-refractivity contribution is 8.02. The molecular weight excluding hydrogens is 439 g/mol. The second-order valence-electron chi connectivity index (χ2n) is 5.63. The molecule has 2 N–H and O–H groups in total. The number of amides is 1. The summed E-state index contributed by atoms with van der Waals surface area (Å²) in [5.74, 6) is 0.600. The van der Waals surface area contributed by atoms with E-state index >= 15 is 0 Å². The van der Waals surface area contributed by atoms with Crippen LogP contribution in [-0.4, -0.2) is 28.5 Å². The van der Waals surface area contributed by atoms with Crippen LogP contribution in [0.3, 0.4) is 0 Å². The number of anilines is 3. The van der Waals surface area contributed by atoms with E-state index in [0.29, 0.717) is 25.2 Å². The molecule has 0 aliphatic heterocycles. The molecule has 0 bridgehead atoms. The fourth-order valence-corrected chi connectivity index (χ4v) is 4.62. The molecule has 1 amide bonds. The quantitative estimate of drug-likeness (QED) is 0.444. The molecule has 10 heteroatoms. The van der Waals surface area contributed by atoms with Crippen LogP contribution in [0.4, 0.5) is 16.5 Å². The van der Waals surface area contributed by atoms with Crippen molar-refractivity contribution >= 4 is 68.7 Å². The largest absolute Gasteiger partial charge is 0.497 e. The number of aromatic nitrogens is 2. The van der Waals surface area contributed by atoms with Gasteiger partial charge in [-0.1, -0.05) is 46.3 Å². The van der Waals surface area contributed by atoms with E-state index in [1.807, 2.05) is 24.3 Å². The highest BCUT2D eigenvalue weighted by atomic mass is 35.5. The first-order chi connectivity index (χ1) is 13.4. The van der Waals surface area contributed by atoms with Crippen molar-refractivity contribution in [3.8, 4) is 5.75 Å². The second-order valence-corrected chi connectivity index (χ2v) is 9.07. The number of methoxy groups -OCH3 is 1. The van der Waals surface area contributed by atoms with Gasteiger partial charge in [0.25, 0.3) is 0 Å². The van der Waals surface area contributed by atoms with Gasteiger partial charge in [0.05, 0.1) is 12.4 Å². The molecular formula is C18H16Cl2N4O2S2. The van der Waals surface area contributed by atoms with E-state index in [1.54, 1.807) is 32.2 Å². The highest BCUT2D eigenvalue weighted by Crippen LogP contribution is 2.31. The Bertz CT molecular complexity index is 946. The van der Waals surface area contributed by atoms with Crippen LogP contribution in [0.2, 0.25) is 10.0 Å². The predicted molar refractivity (Wildman–Crippen MR) is 117 cm³/mol. The lowest BCUT2D eigenvalue weighted by Crippen LogP contribution is -2.22. The molecule has 1 heterocycles. The smallest absolute Gasteiger partial charge is 0.237 e. The summed E-state index contributed by atoms with van der Waals surface area (Å²) >= 11 is 14.6. The van der Waals surface area contributed by atoms with Crippen molar-refractivity contribution < 1.29 is 9.53 Å². The molecule has 0 aliphatic carbocycles. The molecule has 3 aromatic rings. The van der Waals surface area contributed by atoms with E-state index in [0.717, 1.165) is 11.4 Å². The first kappa shape index (κ1) is 20.7. The summed E-state index contributed by atoms with van der Waals surface area (Å²) in [5.41, 5.74) is 1.42. The van der Waals surface area contributed by atoms with Crippen LogP contribution >= 0.6 is 46.3 Å². The lowest BCUT2D eigenvalue weighted by Gasteiger charge is -2.10. The predicted octanol–water partition coefficient (Wildman–Crippen LogP) is 5.72. The average molecular weight is 455 g/mol. The monoisotopic (exact) mass is 454 g/mol. The van der Waals surface area contributed by atoms with Crippen LogP contribution in [0.1, 0.15) is 6.92 Å². The zero-order valence-electron chi connectivity index (χ0n) is 14.9. The van der Waals surface area contributed by atoms with E-state index in [9.17, 15) is 4.79 Å². The molecule has 0 fully saturated rings. The van der Waals surface area contributed by atoms with Crippen LogP contribution in [0.25, 0.3) is 0 Å². The molecule has 1 unspecified atom stereocenters. The Kier molecular flexibility index (Phi) is 7.01. The number of hydrogen-bond acceptors (Lipinski definition) is 7.